The SMILES string of the molecule is CCN(CC)C(=O)[C@H](NC(=O)c1ccc2c(c1)OCO2)C1CCN(S(=O)(=O)c2ccc(Cl)cc2)CC1. The predicted octanol–water partition coefficient (Wildman–Crippen LogP) is 3.14. The van der Waals surface area contributed by atoms with Crippen LogP contribution in [0.2, 0.25) is 5.02 Å². The molecule has 4 rings (SSSR count). The van der Waals surface area contributed by atoms with Gasteiger partial charge in [0.15, 0.2) is 11.5 Å². The average Bonchev–Trinajstić information content (AvgIpc) is 3.36. The second kappa shape index (κ2) is 11.1. The summed E-state index contributed by atoms with van der Waals surface area (Å²) in [5.74, 6) is 0.266. The number of rotatable bonds is 8. The summed E-state index contributed by atoms with van der Waals surface area (Å²) < 4.78 is 38.3. The summed E-state index contributed by atoms with van der Waals surface area (Å²) in [6.45, 7) is 5.39. The van der Waals surface area contributed by atoms with Gasteiger partial charge >= 0.3 is 0 Å². The third kappa shape index (κ3) is 5.45. The molecule has 0 saturated carbocycles. The van der Waals surface area contributed by atoms with Crippen molar-refractivity contribution in [3.63, 3.8) is 0 Å². The summed E-state index contributed by atoms with van der Waals surface area (Å²) in [7, 11) is -3.68. The van der Waals surface area contributed by atoms with Crippen LogP contribution >= 0.6 is 11.6 Å². The molecule has 11 heteroatoms. The molecule has 2 heterocycles. The largest absolute Gasteiger partial charge is 0.454 e. The van der Waals surface area contributed by atoms with Crippen molar-refractivity contribution in [3.05, 3.63) is 53.1 Å². The topological polar surface area (TPSA) is 105 Å². The average molecular weight is 536 g/mol. The molecule has 2 aliphatic rings. The number of amides is 2. The van der Waals surface area contributed by atoms with E-state index in [0.717, 1.165) is 0 Å². The Bertz CT molecular complexity index is 1210. The fourth-order valence-corrected chi connectivity index (χ4v) is 6.18. The lowest BCUT2D eigenvalue weighted by Crippen LogP contribution is -2.54. The number of nitrogens with one attached hydrogen (secondary N) is 1. The first-order valence-electron chi connectivity index (χ1n) is 12.0. The summed E-state index contributed by atoms with van der Waals surface area (Å²) in [6, 6.07) is 10.2. The molecule has 0 unspecified atom stereocenters. The molecule has 9 nitrogen and oxygen atoms in total. The molecular formula is C25H30ClN3O6S. The van der Waals surface area contributed by atoms with Crippen LogP contribution in [0.5, 0.6) is 11.5 Å². The minimum atomic E-state index is -3.68. The molecule has 1 saturated heterocycles. The highest BCUT2D eigenvalue weighted by molar-refractivity contribution is 7.89. The number of carbonyl (C=O) groups excluding carboxylic acids is 2. The number of piperidine rings is 1. The van der Waals surface area contributed by atoms with E-state index in [9.17, 15) is 18.0 Å². The van der Waals surface area contributed by atoms with Crippen molar-refractivity contribution >= 4 is 33.4 Å². The molecule has 2 aromatic rings. The molecule has 1 atom stereocenters. The molecule has 2 amide bonds. The number of nitrogens with zero attached hydrogens (tertiary/aromatic N) is 2. The van der Waals surface area contributed by atoms with Gasteiger partial charge in [0.2, 0.25) is 22.7 Å². The van der Waals surface area contributed by atoms with Crippen molar-refractivity contribution in [2.45, 2.75) is 37.6 Å². The van der Waals surface area contributed by atoms with Crippen molar-refractivity contribution < 1.29 is 27.5 Å². The molecule has 194 valence electrons. The first-order valence-corrected chi connectivity index (χ1v) is 13.8. The quantitative estimate of drug-likeness (QED) is 0.557. The van der Waals surface area contributed by atoms with E-state index in [1.165, 1.54) is 16.4 Å². The van der Waals surface area contributed by atoms with E-state index in [1.807, 2.05) is 13.8 Å². The van der Waals surface area contributed by atoms with Crippen LogP contribution in [-0.2, 0) is 14.8 Å². The fourth-order valence-electron chi connectivity index (χ4n) is 4.58. The summed E-state index contributed by atoms with van der Waals surface area (Å²) in [5.41, 5.74) is 0.361. The Morgan fingerprint density at radius 1 is 1.06 bits per heavy atom. The smallest absolute Gasteiger partial charge is 0.252 e. The van der Waals surface area contributed by atoms with E-state index in [2.05, 4.69) is 5.32 Å². The molecule has 36 heavy (non-hydrogen) atoms. The predicted molar refractivity (Wildman–Crippen MR) is 135 cm³/mol. The van der Waals surface area contributed by atoms with Crippen LogP contribution in [0.4, 0.5) is 0 Å². The number of hydrogen-bond acceptors (Lipinski definition) is 6. The first kappa shape index (κ1) is 26.2. The highest BCUT2D eigenvalue weighted by Gasteiger charge is 2.37. The lowest BCUT2D eigenvalue weighted by Gasteiger charge is -2.37. The van der Waals surface area contributed by atoms with Gasteiger partial charge in [-0.05, 0) is 75.1 Å². The van der Waals surface area contributed by atoms with Gasteiger partial charge in [-0.3, -0.25) is 9.59 Å². The van der Waals surface area contributed by atoms with Gasteiger partial charge < -0.3 is 19.7 Å². The second-order valence-corrected chi connectivity index (χ2v) is 11.1. The van der Waals surface area contributed by atoms with Crippen LogP contribution in [0.3, 0.4) is 0 Å². The zero-order valence-corrected chi connectivity index (χ0v) is 21.8. The summed E-state index contributed by atoms with van der Waals surface area (Å²) in [6.07, 6.45) is 0.873. The molecule has 0 spiro atoms. The maximum atomic E-state index is 13.4. The van der Waals surface area contributed by atoms with Crippen molar-refractivity contribution in [2.24, 2.45) is 5.92 Å². The zero-order chi connectivity index (χ0) is 25.9. The third-order valence-electron chi connectivity index (χ3n) is 6.68. The van der Waals surface area contributed by atoms with E-state index in [1.54, 1.807) is 35.2 Å². The lowest BCUT2D eigenvalue weighted by atomic mass is 9.89. The summed E-state index contributed by atoms with van der Waals surface area (Å²) >= 11 is 5.90. The molecule has 0 radical (unpaired) electrons. The number of halogens is 1. The number of hydrogen-bond donors (Lipinski definition) is 1. The van der Waals surface area contributed by atoms with E-state index < -0.39 is 22.0 Å². The van der Waals surface area contributed by atoms with Gasteiger partial charge in [-0.2, -0.15) is 4.31 Å². The number of sulfonamides is 1. The maximum absolute atomic E-state index is 13.4. The Morgan fingerprint density at radius 2 is 1.69 bits per heavy atom. The van der Waals surface area contributed by atoms with E-state index in [0.29, 0.717) is 48.0 Å². The standard InChI is InChI=1S/C25H30ClN3O6S/c1-3-28(4-2)25(31)23(27-24(30)18-5-10-21-22(15-18)35-16-34-21)17-11-13-29(14-12-17)36(32,33)20-8-6-19(26)7-9-20/h5-10,15,17,23H,3-4,11-14,16H2,1-2H3,(H,27,30)/t23-/m1/s1. The molecule has 1 fully saturated rings. The molecule has 1 N–H and O–H groups in total. The molecule has 0 aliphatic carbocycles. The Hall–Kier alpha value is -2.82. The van der Waals surface area contributed by atoms with Crippen LogP contribution < -0.4 is 14.8 Å². The maximum Gasteiger partial charge on any atom is 0.252 e. The number of benzene rings is 2. The lowest BCUT2D eigenvalue weighted by molar-refractivity contribution is -0.134. The van der Waals surface area contributed by atoms with Gasteiger partial charge in [0.25, 0.3) is 5.91 Å². The Kier molecular flexibility index (Phi) is 8.07. The molecular weight excluding hydrogens is 506 g/mol. The molecule has 2 aromatic carbocycles. The number of fused-ring (bicyclic) bond motifs is 1. The highest BCUT2D eigenvalue weighted by Crippen LogP contribution is 2.33. The van der Waals surface area contributed by atoms with Gasteiger partial charge in [-0.25, -0.2) is 8.42 Å². The molecule has 0 bridgehead atoms. The fraction of sp³-hybridized carbons (Fsp3) is 0.440. The minimum absolute atomic E-state index is 0.0982. The minimum Gasteiger partial charge on any atom is -0.454 e. The van der Waals surface area contributed by atoms with Crippen molar-refractivity contribution in [1.82, 2.24) is 14.5 Å². The Balaban J connectivity index is 1.50. The summed E-state index contributed by atoms with van der Waals surface area (Å²) in [5, 5.41) is 3.39. The van der Waals surface area contributed by atoms with Gasteiger partial charge in [-0.15, -0.1) is 0 Å². The summed E-state index contributed by atoms with van der Waals surface area (Å²) in [4.78, 5) is 28.4. The number of carbonyl (C=O) groups is 2. The molecule has 0 aromatic heterocycles. The highest BCUT2D eigenvalue weighted by atomic mass is 35.5. The van der Waals surface area contributed by atoms with Gasteiger partial charge in [0, 0.05) is 36.8 Å². The molecule has 2 aliphatic heterocycles. The van der Waals surface area contributed by atoms with E-state index in [4.69, 9.17) is 21.1 Å². The van der Waals surface area contributed by atoms with E-state index >= 15 is 0 Å². The monoisotopic (exact) mass is 535 g/mol. The Labute approximate surface area is 216 Å². The Morgan fingerprint density at radius 3 is 2.33 bits per heavy atom. The number of likely N-dealkylation sites (N-methyl/N-ethyl adjacent to an activating group) is 1. The number of ether oxygens (including phenoxy) is 2. The van der Waals surface area contributed by atoms with Crippen LogP contribution in [0.15, 0.2) is 47.4 Å². The third-order valence-corrected chi connectivity index (χ3v) is 8.85. The first-order chi connectivity index (χ1) is 17.2. The van der Waals surface area contributed by atoms with Crippen molar-refractivity contribution in [3.8, 4) is 11.5 Å². The van der Waals surface area contributed by atoms with Crippen LogP contribution in [0, 0.1) is 5.92 Å². The van der Waals surface area contributed by atoms with Gasteiger partial charge in [0.05, 0.1) is 4.90 Å². The van der Waals surface area contributed by atoms with E-state index in [-0.39, 0.29) is 36.6 Å². The van der Waals surface area contributed by atoms with Crippen molar-refractivity contribution in [1.29, 1.82) is 0 Å². The van der Waals surface area contributed by atoms with Crippen LogP contribution in [-0.4, -0.2) is 68.5 Å². The van der Waals surface area contributed by atoms with Gasteiger partial charge in [-0.1, -0.05) is 11.6 Å². The second-order valence-electron chi connectivity index (χ2n) is 8.73. The van der Waals surface area contributed by atoms with Gasteiger partial charge in [0.1, 0.15) is 6.04 Å². The van der Waals surface area contributed by atoms with Crippen molar-refractivity contribution in [2.75, 3.05) is 33.0 Å². The zero-order valence-electron chi connectivity index (χ0n) is 20.3. The van der Waals surface area contributed by atoms with Crippen LogP contribution in [0.1, 0.15) is 37.0 Å². The normalized spacial score (nSPS) is 17.0. The van der Waals surface area contributed by atoms with Crippen LogP contribution in [0.25, 0.3) is 0 Å².